The zero-order valence-corrected chi connectivity index (χ0v) is 17.9. The highest BCUT2D eigenvalue weighted by Gasteiger charge is 2.27. The Morgan fingerprint density at radius 1 is 1.14 bits per heavy atom. The fourth-order valence-corrected chi connectivity index (χ4v) is 3.22. The quantitative estimate of drug-likeness (QED) is 0.466. The maximum absolute atomic E-state index is 11.5. The molecule has 0 heterocycles. The summed E-state index contributed by atoms with van der Waals surface area (Å²) < 4.78 is 16.1. The average molecular weight is 398 g/mol. The molecule has 0 radical (unpaired) electrons. The Hall–Kier alpha value is -2.95. The second-order valence-electron chi connectivity index (χ2n) is 7.38. The first-order chi connectivity index (χ1) is 13.7. The summed E-state index contributed by atoms with van der Waals surface area (Å²) in [6.07, 6.45) is 1.74. The predicted octanol–water partition coefficient (Wildman–Crippen LogP) is 5.56. The Morgan fingerprint density at radius 2 is 1.79 bits per heavy atom. The van der Waals surface area contributed by atoms with E-state index in [9.17, 15) is 9.90 Å². The Bertz CT molecular complexity index is 873. The van der Waals surface area contributed by atoms with Gasteiger partial charge in [-0.25, -0.2) is 4.79 Å². The van der Waals surface area contributed by atoms with Crippen LogP contribution in [-0.2, 0) is 22.5 Å². The normalized spacial score (nSPS) is 12.7. The molecule has 0 unspecified atom stereocenters. The third kappa shape index (κ3) is 5.31. The van der Waals surface area contributed by atoms with Crippen LogP contribution in [0, 0.1) is 20.8 Å². The largest absolute Gasteiger partial charge is 0.508 e. The highest BCUT2D eigenvalue weighted by Crippen LogP contribution is 2.39. The van der Waals surface area contributed by atoms with E-state index in [2.05, 4.69) is 11.3 Å². The summed E-state index contributed by atoms with van der Waals surface area (Å²) in [6.45, 7) is 11.7. The van der Waals surface area contributed by atoms with Gasteiger partial charge >= 0.3 is 6.16 Å². The molecule has 0 spiro atoms. The summed E-state index contributed by atoms with van der Waals surface area (Å²) in [5.74, 6) is 1.02. The number of phenolic OH excluding ortho intramolecular Hbond substituents is 1. The third-order valence-corrected chi connectivity index (χ3v) is 5.35. The summed E-state index contributed by atoms with van der Waals surface area (Å²) in [5, 5.41) is 10.8. The number of hydrogen-bond donors (Lipinski definition) is 1. The number of ether oxygens (including phenoxy) is 3. The van der Waals surface area contributed by atoms with E-state index < -0.39 is 11.8 Å². The maximum atomic E-state index is 11.5. The van der Waals surface area contributed by atoms with Crippen molar-refractivity contribution in [3.05, 3.63) is 70.8 Å². The molecule has 0 bridgehead atoms. The summed E-state index contributed by atoms with van der Waals surface area (Å²) in [4.78, 5) is 11.5. The third-order valence-electron chi connectivity index (χ3n) is 5.35. The van der Waals surface area contributed by atoms with Crippen LogP contribution in [0.5, 0.6) is 11.5 Å². The van der Waals surface area contributed by atoms with E-state index in [1.54, 1.807) is 13.0 Å². The van der Waals surface area contributed by atoms with Gasteiger partial charge in [-0.3, -0.25) is 0 Å². The van der Waals surface area contributed by atoms with Crippen molar-refractivity contribution in [2.45, 2.75) is 52.7 Å². The van der Waals surface area contributed by atoms with E-state index >= 15 is 0 Å². The lowest BCUT2D eigenvalue weighted by molar-refractivity contribution is 0.00497. The van der Waals surface area contributed by atoms with Gasteiger partial charge in [-0.1, -0.05) is 36.9 Å². The molecule has 0 amide bonds. The number of carbonyl (C=O) groups excluding carboxylic acids is 1. The number of hydrogen-bond acceptors (Lipinski definition) is 5. The molecular weight excluding hydrogens is 368 g/mol. The zero-order valence-electron chi connectivity index (χ0n) is 17.9. The summed E-state index contributed by atoms with van der Waals surface area (Å²) in [7, 11) is 1.27. The van der Waals surface area contributed by atoms with E-state index in [1.165, 1.54) is 7.11 Å². The minimum atomic E-state index is -0.907. The van der Waals surface area contributed by atoms with Crippen LogP contribution in [0.3, 0.4) is 0 Å². The van der Waals surface area contributed by atoms with Gasteiger partial charge in [0.2, 0.25) is 0 Å². The molecule has 5 heteroatoms. The van der Waals surface area contributed by atoms with E-state index in [0.717, 1.165) is 33.6 Å². The molecule has 0 aliphatic rings. The van der Waals surface area contributed by atoms with Crippen molar-refractivity contribution in [1.29, 1.82) is 0 Å². The molecule has 1 N–H and O–H groups in total. The Balaban J connectivity index is 2.28. The molecule has 29 heavy (non-hydrogen) atoms. The minimum Gasteiger partial charge on any atom is -0.507 e. The van der Waals surface area contributed by atoms with Crippen molar-refractivity contribution in [2.24, 2.45) is 0 Å². The van der Waals surface area contributed by atoms with Gasteiger partial charge in [-0.2, -0.15) is 0 Å². The van der Waals surface area contributed by atoms with Crippen LogP contribution in [0.1, 0.15) is 41.2 Å². The van der Waals surface area contributed by atoms with Crippen molar-refractivity contribution >= 4 is 6.16 Å². The first kappa shape index (κ1) is 22.3. The van der Waals surface area contributed by atoms with Gasteiger partial charge in [0, 0.05) is 5.56 Å². The first-order valence-corrected chi connectivity index (χ1v) is 9.61. The van der Waals surface area contributed by atoms with Gasteiger partial charge in [0.05, 0.1) is 7.11 Å². The van der Waals surface area contributed by atoms with Crippen LogP contribution < -0.4 is 4.74 Å². The predicted molar refractivity (Wildman–Crippen MR) is 114 cm³/mol. The Morgan fingerprint density at radius 3 is 2.38 bits per heavy atom. The number of rotatable bonds is 8. The van der Waals surface area contributed by atoms with E-state index in [1.807, 2.05) is 51.1 Å². The molecule has 1 atom stereocenters. The Kier molecular flexibility index (Phi) is 7.32. The van der Waals surface area contributed by atoms with Crippen molar-refractivity contribution in [3.63, 3.8) is 0 Å². The van der Waals surface area contributed by atoms with Crippen LogP contribution in [0.2, 0.25) is 0 Å². The fraction of sp³-hybridized carbons (Fsp3) is 0.375. The van der Waals surface area contributed by atoms with Gasteiger partial charge in [-0.15, -0.1) is 0 Å². The van der Waals surface area contributed by atoms with Crippen LogP contribution in [0.4, 0.5) is 4.79 Å². The van der Waals surface area contributed by atoms with Crippen molar-refractivity contribution in [3.8, 4) is 11.5 Å². The van der Waals surface area contributed by atoms with Gasteiger partial charge in [-0.05, 0) is 68.9 Å². The number of carbonyl (C=O) groups is 1. The first-order valence-electron chi connectivity index (χ1n) is 9.61. The van der Waals surface area contributed by atoms with Crippen LogP contribution in [-0.4, -0.2) is 24.0 Å². The zero-order chi connectivity index (χ0) is 21.6. The molecule has 0 aromatic heterocycles. The molecule has 0 aliphatic heterocycles. The van der Waals surface area contributed by atoms with E-state index in [-0.39, 0.29) is 5.75 Å². The second-order valence-corrected chi connectivity index (χ2v) is 7.38. The topological polar surface area (TPSA) is 65.0 Å². The molecule has 2 aromatic rings. The molecule has 0 saturated carbocycles. The average Bonchev–Trinajstić information content (AvgIpc) is 2.72. The molecule has 2 aromatic carbocycles. The molecule has 0 fully saturated rings. The molecule has 5 nitrogen and oxygen atoms in total. The van der Waals surface area contributed by atoms with Gasteiger partial charge < -0.3 is 19.3 Å². The van der Waals surface area contributed by atoms with Crippen LogP contribution >= 0.6 is 0 Å². The lowest BCUT2D eigenvalue weighted by atomic mass is 9.90. The lowest BCUT2D eigenvalue weighted by Gasteiger charge is -2.26. The summed E-state index contributed by atoms with van der Waals surface area (Å²) >= 11 is 0. The number of aromatic hydroxyl groups is 1. The fourth-order valence-electron chi connectivity index (χ4n) is 3.22. The van der Waals surface area contributed by atoms with Crippen molar-refractivity contribution < 1.29 is 24.1 Å². The van der Waals surface area contributed by atoms with Gasteiger partial charge in [0.25, 0.3) is 0 Å². The minimum absolute atomic E-state index is 0.247. The van der Waals surface area contributed by atoms with Crippen LogP contribution in [0.25, 0.3) is 0 Å². The highest BCUT2D eigenvalue weighted by atomic mass is 16.7. The van der Waals surface area contributed by atoms with E-state index in [0.29, 0.717) is 19.4 Å². The van der Waals surface area contributed by atoms with Gasteiger partial charge in [0.15, 0.2) is 0 Å². The molecular formula is C24H30O5. The van der Waals surface area contributed by atoms with Gasteiger partial charge in [0.1, 0.15) is 23.7 Å². The molecule has 2 rings (SSSR count). The SMILES string of the molecule is C=C[C@@](C)(CCc1c(C)c(OCc2ccccc2)c(C)c(C)c1O)OC(=O)OC. The van der Waals surface area contributed by atoms with Crippen molar-refractivity contribution in [2.75, 3.05) is 7.11 Å². The number of phenols is 1. The maximum Gasteiger partial charge on any atom is 0.508 e. The molecule has 0 aliphatic carbocycles. The van der Waals surface area contributed by atoms with Crippen LogP contribution in [0.15, 0.2) is 43.0 Å². The lowest BCUT2D eigenvalue weighted by Crippen LogP contribution is -2.30. The van der Waals surface area contributed by atoms with Crippen molar-refractivity contribution in [1.82, 2.24) is 0 Å². The number of methoxy groups -OCH3 is 1. The molecule has 156 valence electrons. The standard InChI is InChI=1S/C24H30O5/c1-7-24(5,29-23(26)27-6)14-13-20-18(4)22(17(3)16(2)21(20)25)28-15-19-11-9-8-10-12-19/h7-12,25H,1,13-15H2,2-6H3/t24-/m0/s1. The summed E-state index contributed by atoms with van der Waals surface area (Å²) in [6, 6.07) is 9.94. The molecule has 0 saturated heterocycles. The monoisotopic (exact) mass is 398 g/mol. The smallest absolute Gasteiger partial charge is 0.507 e. The second kappa shape index (κ2) is 9.50. The highest BCUT2D eigenvalue weighted by molar-refractivity contribution is 5.61. The Labute approximate surface area is 172 Å². The number of benzene rings is 2. The van der Waals surface area contributed by atoms with E-state index in [4.69, 9.17) is 9.47 Å². The summed E-state index contributed by atoms with van der Waals surface area (Å²) in [5.41, 5.74) is 3.52.